The van der Waals surface area contributed by atoms with Crippen LogP contribution in [0.5, 0.6) is 0 Å². The van der Waals surface area contributed by atoms with Gasteiger partial charge in [0.15, 0.2) is 0 Å². The molecule has 2 amide bonds. The van der Waals surface area contributed by atoms with Crippen molar-refractivity contribution in [1.29, 1.82) is 0 Å². The van der Waals surface area contributed by atoms with Crippen LogP contribution in [0.25, 0.3) is 0 Å². The average Bonchev–Trinajstić information content (AvgIpc) is 3.03. The van der Waals surface area contributed by atoms with E-state index >= 15 is 0 Å². The number of hydrogen-bond donors (Lipinski definition) is 0. The first-order valence-corrected chi connectivity index (χ1v) is 7.17. The van der Waals surface area contributed by atoms with Crippen LogP contribution in [0.4, 0.5) is 5.69 Å². The summed E-state index contributed by atoms with van der Waals surface area (Å²) >= 11 is 0. The number of carbonyl (C=O) groups excluding carboxylic acids is 2. The Labute approximate surface area is 118 Å². The lowest BCUT2D eigenvalue weighted by molar-refractivity contribution is -0.127. The molecule has 2 fully saturated rings. The molecule has 1 saturated heterocycles. The lowest BCUT2D eigenvalue weighted by atomic mass is 9.71. The van der Waals surface area contributed by atoms with Gasteiger partial charge in [-0.05, 0) is 49.8 Å². The van der Waals surface area contributed by atoms with Crippen molar-refractivity contribution in [3.8, 4) is 0 Å². The number of imide groups is 1. The van der Waals surface area contributed by atoms with E-state index in [9.17, 15) is 9.59 Å². The summed E-state index contributed by atoms with van der Waals surface area (Å²) < 4.78 is 0. The number of amides is 2. The molecule has 3 heteroatoms. The molecule has 1 aromatic carbocycles. The van der Waals surface area contributed by atoms with E-state index in [-0.39, 0.29) is 29.6 Å². The molecule has 102 valence electrons. The summed E-state index contributed by atoms with van der Waals surface area (Å²) in [7, 11) is 0. The van der Waals surface area contributed by atoms with Crippen LogP contribution in [0, 0.1) is 30.1 Å². The second kappa shape index (κ2) is 3.60. The number of allylic oxidation sites excluding steroid dienone is 2. The third-order valence-corrected chi connectivity index (χ3v) is 5.37. The molecule has 2 bridgehead atoms. The standard InChI is InChI=1S/C17H17NO2/c1-10-4-3-5-13(8-10)18-15(19)14-11-6-7-12(9-11)17(14,2)16(18)20/h3-8,11-12,14H,9H2,1-2H3/t11-,12+,14-,17+/m1/s1. The molecule has 3 aliphatic rings. The predicted molar refractivity (Wildman–Crippen MR) is 76.0 cm³/mol. The third-order valence-electron chi connectivity index (χ3n) is 5.37. The van der Waals surface area contributed by atoms with Gasteiger partial charge >= 0.3 is 0 Å². The Balaban J connectivity index is 1.82. The van der Waals surface area contributed by atoms with Gasteiger partial charge in [-0.25, -0.2) is 4.90 Å². The number of rotatable bonds is 1. The Morgan fingerprint density at radius 2 is 2.05 bits per heavy atom. The lowest BCUT2D eigenvalue weighted by Crippen LogP contribution is -2.37. The number of nitrogens with zero attached hydrogens (tertiary/aromatic N) is 1. The number of aryl methyl sites for hydroxylation is 1. The third kappa shape index (κ3) is 1.21. The van der Waals surface area contributed by atoms with Crippen LogP contribution in [-0.4, -0.2) is 11.8 Å². The monoisotopic (exact) mass is 267 g/mol. The first kappa shape index (κ1) is 11.9. The fourth-order valence-corrected chi connectivity index (χ4v) is 4.32. The smallest absolute Gasteiger partial charge is 0.241 e. The van der Waals surface area contributed by atoms with Gasteiger partial charge in [0.1, 0.15) is 0 Å². The van der Waals surface area contributed by atoms with E-state index in [1.807, 2.05) is 38.1 Å². The minimum absolute atomic E-state index is 0.0139. The summed E-state index contributed by atoms with van der Waals surface area (Å²) in [6, 6.07) is 7.63. The van der Waals surface area contributed by atoms with Crippen molar-refractivity contribution in [3.05, 3.63) is 42.0 Å². The SMILES string of the molecule is Cc1cccc(N2C(=O)[C@H]3[C@@H]4C=C[C@@H](C4)[C@]3(C)C2=O)c1. The summed E-state index contributed by atoms with van der Waals surface area (Å²) in [5, 5.41) is 0. The first-order valence-electron chi connectivity index (χ1n) is 7.17. The van der Waals surface area contributed by atoms with E-state index in [1.54, 1.807) is 0 Å². The highest BCUT2D eigenvalue weighted by atomic mass is 16.2. The molecule has 2 aliphatic carbocycles. The lowest BCUT2D eigenvalue weighted by Gasteiger charge is -2.28. The van der Waals surface area contributed by atoms with Gasteiger partial charge < -0.3 is 0 Å². The molecule has 1 saturated carbocycles. The van der Waals surface area contributed by atoms with Gasteiger partial charge in [0.05, 0.1) is 17.0 Å². The van der Waals surface area contributed by atoms with Crippen LogP contribution in [0.15, 0.2) is 36.4 Å². The molecule has 4 atom stereocenters. The summed E-state index contributed by atoms with van der Waals surface area (Å²) in [4.78, 5) is 27.1. The van der Waals surface area contributed by atoms with Crippen molar-refractivity contribution >= 4 is 17.5 Å². The van der Waals surface area contributed by atoms with E-state index < -0.39 is 5.41 Å². The Morgan fingerprint density at radius 3 is 2.75 bits per heavy atom. The van der Waals surface area contributed by atoms with E-state index in [0.717, 1.165) is 17.7 Å². The molecule has 0 unspecified atom stereocenters. The van der Waals surface area contributed by atoms with Gasteiger partial charge in [0, 0.05) is 0 Å². The van der Waals surface area contributed by atoms with E-state index in [1.165, 1.54) is 4.90 Å². The Hall–Kier alpha value is -1.90. The summed E-state index contributed by atoms with van der Waals surface area (Å²) in [6.07, 6.45) is 5.22. The zero-order valence-electron chi connectivity index (χ0n) is 11.7. The summed E-state index contributed by atoms with van der Waals surface area (Å²) in [6.45, 7) is 3.95. The van der Waals surface area contributed by atoms with Gasteiger partial charge in [0.2, 0.25) is 11.8 Å². The zero-order chi connectivity index (χ0) is 14.1. The topological polar surface area (TPSA) is 37.4 Å². The molecule has 0 radical (unpaired) electrons. The molecular weight excluding hydrogens is 250 g/mol. The maximum atomic E-state index is 12.9. The van der Waals surface area contributed by atoms with Crippen LogP contribution >= 0.6 is 0 Å². The second-order valence-electron chi connectivity index (χ2n) is 6.47. The maximum absolute atomic E-state index is 12.9. The second-order valence-corrected chi connectivity index (χ2v) is 6.47. The maximum Gasteiger partial charge on any atom is 0.241 e. The minimum atomic E-state index is -0.528. The summed E-state index contributed by atoms with van der Waals surface area (Å²) in [5.41, 5.74) is 1.25. The molecule has 0 aromatic heterocycles. The van der Waals surface area contributed by atoms with Crippen LogP contribution in [-0.2, 0) is 9.59 Å². The van der Waals surface area contributed by atoms with Crippen LogP contribution in [0.2, 0.25) is 0 Å². The molecular formula is C17H17NO2. The van der Waals surface area contributed by atoms with Crippen molar-refractivity contribution in [2.45, 2.75) is 20.3 Å². The van der Waals surface area contributed by atoms with Gasteiger partial charge in [-0.2, -0.15) is 0 Å². The van der Waals surface area contributed by atoms with Gasteiger partial charge in [-0.15, -0.1) is 0 Å². The Morgan fingerprint density at radius 1 is 1.25 bits per heavy atom. The fraction of sp³-hybridized carbons (Fsp3) is 0.412. The fourth-order valence-electron chi connectivity index (χ4n) is 4.32. The van der Waals surface area contributed by atoms with Gasteiger partial charge in [0.25, 0.3) is 0 Å². The highest BCUT2D eigenvalue weighted by Crippen LogP contribution is 2.60. The number of fused-ring (bicyclic) bond motifs is 5. The van der Waals surface area contributed by atoms with Gasteiger partial charge in [-0.1, -0.05) is 24.3 Å². The molecule has 1 heterocycles. The molecule has 0 spiro atoms. The molecule has 1 aromatic rings. The normalized spacial score (nSPS) is 37.9. The number of hydrogen-bond acceptors (Lipinski definition) is 2. The number of anilines is 1. The highest BCUT2D eigenvalue weighted by Gasteiger charge is 2.67. The van der Waals surface area contributed by atoms with E-state index in [0.29, 0.717) is 0 Å². The van der Waals surface area contributed by atoms with E-state index in [2.05, 4.69) is 12.2 Å². The molecule has 3 nitrogen and oxygen atoms in total. The quantitative estimate of drug-likeness (QED) is 0.579. The molecule has 1 aliphatic heterocycles. The largest absolute Gasteiger partial charge is 0.274 e. The van der Waals surface area contributed by atoms with Gasteiger partial charge in [-0.3, -0.25) is 9.59 Å². The van der Waals surface area contributed by atoms with Crippen molar-refractivity contribution in [1.82, 2.24) is 0 Å². The molecule has 0 N–H and O–H groups in total. The van der Waals surface area contributed by atoms with Crippen LogP contribution in [0.1, 0.15) is 18.9 Å². The zero-order valence-corrected chi connectivity index (χ0v) is 11.7. The van der Waals surface area contributed by atoms with Crippen molar-refractivity contribution in [2.75, 3.05) is 4.90 Å². The number of benzene rings is 1. The molecule has 20 heavy (non-hydrogen) atoms. The minimum Gasteiger partial charge on any atom is -0.274 e. The summed E-state index contributed by atoms with van der Waals surface area (Å²) in [5.74, 6) is 0.278. The van der Waals surface area contributed by atoms with Crippen LogP contribution < -0.4 is 4.90 Å². The predicted octanol–water partition coefficient (Wildman–Crippen LogP) is 2.70. The van der Waals surface area contributed by atoms with Crippen molar-refractivity contribution < 1.29 is 9.59 Å². The van der Waals surface area contributed by atoms with Crippen molar-refractivity contribution in [3.63, 3.8) is 0 Å². The number of carbonyl (C=O) groups is 2. The average molecular weight is 267 g/mol. The Bertz CT molecular complexity index is 663. The Kier molecular flexibility index (Phi) is 2.14. The van der Waals surface area contributed by atoms with E-state index in [4.69, 9.17) is 0 Å². The van der Waals surface area contributed by atoms with Crippen LogP contribution in [0.3, 0.4) is 0 Å². The first-order chi connectivity index (χ1) is 9.53. The highest BCUT2D eigenvalue weighted by molar-refractivity contribution is 6.24. The molecule has 4 rings (SSSR count). The van der Waals surface area contributed by atoms with Crippen molar-refractivity contribution in [2.24, 2.45) is 23.2 Å².